The predicted octanol–water partition coefficient (Wildman–Crippen LogP) is 14.3. The number of hydrogen-bond acceptors (Lipinski definition) is 2. The van der Waals surface area contributed by atoms with Crippen LogP contribution in [-0.2, 0) is 0 Å². The van der Waals surface area contributed by atoms with Crippen molar-refractivity contribution in [2.24, 2.45) is 0 Å². The summed E-state index contributed by atoms with van der Waals surface area (Å²) >= 11 is 0. The highest BCUT2D eigenvalue weighted by Gasteiger charge is 2.23. The van der Waals surface area contributed by atoms with E-state index in [1.54, 1.807) is 0 Å². The van der Waals surface area contributed by atoms with Gasteiger partial charge in [-0.25, -0.2) is 0 Å². The molecular formula is C53H38N2. The highest BCUT2D eigenvalue weighted by atomic mass is 14.7. The predicted molar refractivity (Wildman–Crippen MR) is 235 cm³/mol. The highest BCUT2D eigenvalue weighted by molar-refractivity contribution is 6.18. The van der Waals surface area contributed by atoms with Gasteiger partial charge in [-0.05, 0) is 116 Å². The van der Waals surface area contributed by atoms with Gasteiger partial charge in [-0.2, -0.15) is 0 Å². The molecule has 0 unspecified atom stereocenters. The van der Waals surface area contributed by atoms with Crippen molar-refractivity contribution in [3.63, 3.8) is 0 Å². The van der Waals surface area contributed by atoms with Gasteiger partial charge in [0.05, 0.1) is 11.0 Å². The Hall–Kier alpha value is -6.90. The van der Waals surface area contributed by atoms with Crippen molar-refractivity contribution in [3.8, 4) is 33.4 Å². The molecule has 10 rings (SSSR count). The zero-order chi connectivity index (χ0) is 36.9. The summed E-state index contributed by atoms with van der Waals surface area (Å²) in [6.45, 7) is 4.45. The fourth-order valence-corrected chi connectivity index (χ4v) is 8.49. The summed E-state index contributed by atoms with van der Waals surface area (Å²) in [5, 5.41) is 7.12. The molecule has 0 saturated carbocycles. The highest BCUT2D eigenvalue weighted by Crippen LogP contribution is 2.45. The van der Waals surface area contributed by atoms with Crippen LogP contribution in [0.1, 0.15) is 35.6 Å². The first kappa shape index (κ1) is 32.7. The quantitative estimate of drug-likeness (QED) is 0.0979. The molecule has 1 aliphatic carbocycles. The summed E-state index contributed by atoms with van der Waals surface area (Å²) in [6.07, 6.45) is 14.0. The lowest BCUT2D eigenvalue weighted by molar-refractivity contribution is 1.35. The Labute approximate surface area is 321 Å². The summed E-state index contributed by atoms with van der Waals surface area (Å²) in [6, 6.07) is 52.4. The minimum atomic E-state index is 0.863. The number of allylic oxidation sites excluding steroid dienone is 5. The number of aromatic nitrogens is 2. The maximum Gasteiger partial charge on any atom is 0.0971 e. The van der Waals surface area contributed by atoms with Gasteiger partial charge in [-0.15, -0.1) is 0 Å². The van der Waals surface area contributed by atoms with E-state index in [0.29, 0.717) is 0 Å². The van der Waals surface area contributed by atoms with E-state index in [1.165, 1.54) is 71.6 Å². The second-order valence-corrected chi connectivity index (χ2v) is 14.6. The minimum absolute atomic E-state index is 0.863. The molecule has 0 fully saturated rings. The molecule has 7 aromatic carbocycles. The van der Waals surface area contributed by atoms with Crippen LogP contribution in [0.4, 0.5) is 0 Å². The molecule has 55 heavy (non-hydrogen) atoms. The molecule has 9 aromatic rings. The van der Waals surface area contributed by atoms with Crippen molar-refractivity contribution in [1.29, 1.82) is 0 Å². The fraction of sp³-hybridized carbons (Fsp3) is 0.0566. The number of fused-ring (bicyclic) bond motifs is 5. The Bertz CT molecular complexity index is 3000. The standard InChI is InChI=1S/C53H38N2/c1-34-14-6-7-19-40(34)28-35(2)49-47-31-44(50-45-22-12-10-20-41(45)29-42-21-11-13-23-46(42)50)33-55-52(47)53-48(51(49)39-17-8-9-18-39)30-43(32-54-53)38-26-24-37(25-27-38)36-15-4-3-5-16-36/h3-17,19-33H,18H2,1-2H3/b35-28+. The van der Waals surface area contributed by atoms with Crippen LogP contribution < -0.4 is 0 Å². The molecule has 0 radical (unpaired) electrons. The molecule has 0 aliphatic heterocycles. The zero-order valence-corrected chi connectivity index (χ0v) is 30.9. The number of benzene rings is 7. The number of rotatable bonds is 6. The largest absolute Gasteiger partial charge is 0.253 e. The van der Waals surface area contributed by atoms with Crippen LogP contribution in [0, 0.1) is 6.92 Å². The van der Waals surface area contributed by atoms with Gasteiger partial charge >= 0.3 is 0 Å². The van der Waals surface area contributed by atoms with Crippen LogP contribution >= 0.6 is 0 Å². The topological polar surface area (TPSA) is 25.8 Å². The Morgan fingerprint density at radius 2 is 1.11 bits per heavy atom. The Kier molecular flexibility index (Phi) is 8.03. The van der Waals surface area contributed by atoms with Crippen molar-refractivity contribution in [3.05, 3.63) is 198 Å². The summed E-state index contributed by atoms with van der Waals surface area (Å²) in [4.78, 5) is 10.6. The van der Waals surface area contributed by atoms with Gasteiger partial charge in [0, 0.05) is 34.3 Å². The molecule has 2 nitrogen and oxygen atoms in total. The van der Waals surface area contributed by atoms with Crippen molar-refractivity contribution in [1.82, 2.24) is 9.97 Å². The molecule has 2 aromatic heterocycles. The number of pyridine rings is 2. The summed E-state index contributed by atoms with van der Waals surface area (Å²) < 4.78 is 0. The average molecular weight is 703 g/mol. The maximum atomic E-state index is 5.36. The van der Waals surface area contributed by atoms with Gasteiger partial charge < -0.3 is 0 Å². The lowest BCUT2D eigenvalue weighted by Gasteiger charge is -2.20. The number of hydrogen-bond donors (Lipinski definition) is 0. The lowest BCUT2D eigenvalue weighted by atomic mass is 9.85. The molecule has 0 saturated heterocycles. The third kappa shape index (κ3) is 5.75. The maximum absolute atomic E-state index is 5.36. The van der Waals surface area contributed by atoms with Gasteiger partial charge in [-0.1, -0.05) is 152 Å². The van der Waals surface area contributed by atoms with E-state index in [4.69, 9.17) is 9.97 Å². The van der Waals surface area contributed by atoms with E-state index in [0.717, 1.165) is 44.9 Å². The van der Waals surface area contributed by atoms with E-state index in [9.17, 15) is 0 Å². The van der Waals surface area contributed by atoms with Gasteiger partial charge in [0.2, 0.25) is 0 Å². The van der Waals surface area contributed by atoms with Gasteiger partial charge in [-0.3, -0.25) is 9.97 Å². The Balaban J connectivity index is 1.27. The van der Waals surface area contributed by atoms with E-state index in [1.807, 2.05) is 6.20 Å². The second kappa shape index (κ2) is 13.5. The smallest absolute Gasteiger partial charge is 0.0971 e. The lowest BCUT2D eigenvalue weighted by Crippen LogP contribution is -2.00. The summed E-state index contributed by atoms with van der Waals surface area (Å²) in [5.74, 6) is 0. The molecule has 260 valence electrons. The Morgan fingerprint density at radius 1 is 0.527 bits per heavy atom. The zero-order valence-electron chi connectivity index (χ0n) is 30.9. The van der Waals surface area contributed by atoms with Crippen molar-refractivity contribution in [2.45, 2.75) is 20.3 Å². The number of aryl methyl sites for hydroxylation is 1. The van der Waals surface area contributed by atoms with E-state index < -0.39 is 0 Å². The minimum Gasteiger partial charge on any atom is -0.253 e. The Morgan fingerprint density at radius 3 is 1.80 bits per heavy atom. The molecule has 0 bridgehead atoms. The number of nitrogens with zero attached hydrogens (tertiary/aromatic N) is 2. The first-order valence-corrected chi connectivity index (χ1v) is 19.0. The van der Waals surface area contributed by atoms with Gasteiger partial charge in [0.1, 0.15) is 0 Å². The molecule has 2 heteroatoms. The molecule has 0 N–H and O–H groups in total. The van der Waals surface area contributed by atoms with Crippen LogP contribution in [-0.4, -0.2) is 9.97 Å². The molecule has 0 amide bonds. The van der Waals surface area contributed by atoms with Gasteiger partial charge in [0.25, 0.3) is 0 Å². The van der Waals surface area contributed by atoms with Crippen LogP contribution in [0.5, 0.6) is 0 Å². The summed E-state index contributed by atoms with van der Waals surface area (Å²) in [5.41, 5.74) is 16.2. The molecule has 0 spiro atoms. The van der Waals surface area contributed by atoms with Crippen molar-refractivity contribution in [2.75, 3.05) is 0 Å². The first-order valence-electron chi connectivity index (χ1n) is 19.0. The van der Waals surface area contributed by atoms with Crippen LogP contribution in [0.2, 0.25) is 0 Å². The van der Waals surface area contributed by atoms with E-state index >= 15 is 0 Å². The SMILES string of the molecule is C/C(=C\c1ccccc1C)c1c(C2=CC=CC2)c2cc(-c3ccc(-c4ccccc4)cc3)cnc2c2ncc(-c3c4ccccc4cc4ccccc34)cc12. The van der Waals surface area contributed by atoms with Crippen molar-refractivity contribution >= 4 is 60.6 Å². The van der Waals surface area contributed by atoms with Crippen molar-refractivity contribution < 1.29 is 0 Å². The van der Waals surface area contributed by atoms with Gasteiger partial charge in [0.15, 0.2) is 0 Å². The first-order chi connectivity index (χ1) is 27.1. The molecule has 0 atom stereocenters. The monoisotopic (exact) mass is 702 g/mol. The third-order valence-corrected chi connectivity index (χ3v) is 11.2. The molecule has 1 aliphatic rings. The second-order valence-electron chi connectivity index (χ2n) is 14.6. The van der Waals surface area contributed by atoms with Crippen LogP contribution in [0.25, 0.3) is 94.0 Å². The van der Waals surface area contributed by atoms with E-state index in [-0.39, 0.29) is 0 Å². The molecule has 2 heterocycles. The van der Waals surface area contributed by atoms with Crippen LogP contribution in [0.15, 0.2) is 176 Å². The molecular weight excluding hydrogens is 665 g/mol. The van der Waals surface area contributed by atoms with Crippen LogP contribution in [0.3, 0.4) is 0 Å². The normalized spacial score (nSPS) is 13.0. The summed E-state index contributed by atoms with van der Waals surface area (Å²) in [7, 11) is 0. The third-order valence-electron chi connectivity index (χ3n) is 11.2. The fourth-order valence-electron chi connectivity index (χ4n) is 8.49. The van der Waals surface area contributed by atoms with E-state index in [2.05, 4.69) is 190 Å². The average Bonchev–Trinajstić information content (AvgIpc) is 3.78.